The molecule has 7 heteroatoms. The fourth-order valence-corrected chi connectivity index (χ4v) is 3.65. The zero-order valence-corrected chi connectivity index (χ0v) is 18.5. The molecular weight excluding hydrogens is 386 g/mol. The number of aromatic nitrogens is 2. The van der Waals surface area contributed by atoms with E-state index in [9.17, 15) is 14.4 Å². The molecule has 1 N–H and O–H groups in total. The highest BCUT2D eigenvalue weighted by atomic mass is 32.1. The summed E-state index contributed by atoms with van der Waals surface area (Å²) in [5, 5.41) is 2.95. The molecule has 0 bridgehead atoms. The van der Waals surface area contributed by atoms with E-state index in [2.05, 4.69) is 10.3 Å². The summed E-state index contributed by atoms with van der Waals surface area (Å²) in [7, 11) is 0. The Hall–Kier alpha value is -2.54. The Labute approximate surface area is 175 Å². The Morgan fingerprint density at radius 3 is 2.48 bits per heavy atom. The molecule has 156 valence electrons. The molecule has 2 aromatic rings. The van der Waals surface area contributed by atoms with E-state index in [0.717, 1.165) is 12.8 Å². The lowest BCUT2D eigenvalue weighted by Crippen LogP contribution is -2.41. The van der Waals surface area contributed by atoms with Gasteiger partial charge < -0.3 is 5.32 Å². The number of ketones is 1. The van der Waals surface area contributed by atoms with Gasteiger partial charge in [0.25, 0.3) is 5.56 Å². The Balaban J connectivity index is 2.54. The number of Topliss-reactive ketones (excluding diaryl/α,β-unsaturated/α-hetero) is 1. The van der Waals surface area contributed by atoms with Gasteiger partial charge >= 0.3 is 0 Å². The first-order valence-corrected chi connectivity index (χ1v) is 10.6. The molecule has 2 rings (SSSR count). The number of carbonyl (C=O) groups is 2. The molecule has 2 aromatic heterocycles. The van der Waals surface area contributed by atoms with Gasteiger partial charge in [0.1, 0.15) is 11.2 Å². The number of hydrogen-bond acceptors (Lipinski definition) is 5. The largest absolute Gasteiger partial charge is 0.352 e. The third-order valence-corrected chi connectivity index (χ3v) is 5.61. The van der Waals surface area contributed by atoms with Crippen molar-refractivity contribution in [2.24, 2.45) is 5.41 Å². The standard InChI is InChI=1S/C22H29N3O3S/c1-6-15(7-2)24-19(27)14-25-20(13-18(26)22(3,4)5)29-17(21(25)28)12-16-10-8-9-11-23-16/h8-13,15H,6-7,14H2,1-5H3,(H,24,27)/b17-12-,20-13-. The molecule has 2 heterocycles. The molecule has 29 heavy (non-hydrogen) atoms. The molecule has 0 saturated carbocycles. The van der Waals surface area contributed by atoms with Crippen LogP contribution in [0.5, 0.6) is 0 Å². The van der Waals surface area contributed by atoms with Crippen LogP contribution in [0.25, 0.3) is 12.2 Å². The third kappa shape index (κ3) is 6.22. The monoisotopic (exact) mass is 415 g/mol. The van der Waals surface area contributed by atoms with E-state index < -0.39 is 5.41 Å². The van der Waals surface area contributed by atoms with Gasteiger partial charge in [-0.05, 0) is 31.1 Å². The second-order valence-corrected chi connectivity index (χ2v) is 9.00. The molecular formula is C22H29N3O3S. The molecule has 0 radical (unpaired) electrons. The average molecular weight is 416 g/mol. The van der Waals surface area contributed by atoms with Crippen LogP contribution in [0.3, 0.4) is 0 Å². The maximum Gasteiger partial charge on any atom is 0.269 e. The highest BCUT2D eigenvalue weighted by molar-refractivity contribution is 7.07. The van der Waals surface area contributed by atoms with Crippen molar-refractivity contribution in [3.63, 3.8) is 0 Å². The average Bonchev–Trinajstić information content (AvgIpc) is 2.95. The Morgan fingerprint density at radius 2 is 1.93 bits per heavy atom. The first-order chi connectivity index (χ1) is 13.7. The van der Waals surface area contributed by atoms with Crippen LogP contribution in [0.2, 0.25) is 0 Å². The number of hydrogen-bond donors (Lipinski definition) is 1. The Bertz CT molecular complexity index is 1030. The summed E-state index contributed by atoms with van der Waals surface area (Å²) in [5.74, 6) is -0.335. The second kappa shape index (κ2) is 9.78. The molecule has 0 aliphatic heterocycles. The van der Waals surface area contributed by atoms with Gasteiger partial charge in [-0.15, -0.1) is 11.3 Å². The summed E-state index contributed by atoms with van der Waals surface area (Å²) in [6.07, 6.45) is 6.44. The fourth-order valence-electron chi connectivity index (χ4n) is 2.63. The highest BCUT2D eigenvalue weighted by Gasteiger charge is 2.20. The molecule has 0 saturated heterocycles. The molecule has 0 aromatic carbocycles. The highest BCUT2D eigenvalue weighted by Crippen LogP contribution is 2.14. The number of nitrogens with one attached hydrogen (secondary N) is 1. The van der Waals surface area contributed by atoms with Gasteiger partial charge in [-0.1, -0.05) is 40.7 Å². The van der Waals surface area contributed by atoms with Crippen molar-refractivity contribution in [1.82, 2.24) is 14.9 Å². The number of nitrogens with zero attached hydrogens (tertiary/aromatic N) is 2. The summed E-state index contributed by atoms with van der Waals surface area (Å²) < 4.78 is 2.28. The third-order valence-electron chi connectivity index (χ3n) is 4.55. The van der Waals surface area contributed by atoms with Crippen LogP contribution in [0, 0.1) is 5.41 Å². The smallest absolute Gasteiger partial charge is 0.269 e. The number of thiazole rings is 1. The lowest BCUT2D eigenvalue weighted by molar-refractivity contribution is -0.122. The topological polar surface area (TPSA) is 81.1 Å². The summed E-state index contributed by atoms with van der Waals surface area (Å²) in [6, 6.07) is 5.50. The van der Waals surface area contributed by atoms with Crippen LogP contribution in [-0.4, -0.2) is 27.3 Å². The fraction of sp³-hybridized carbons (Fsp3) is 0.455. The summed E-state index contributed by atoms with van der Waals surface area (Å²) >= 11 is 1.20. The van der Waals surface area contributed by atoms with Crippen LogP contribution in [0.1, 0.15) is 53.2 Å². The normalized spacial score (nSPS) is 13.2. The van der Waals surface area contributed by atoms with Gasteiger partial charge in [0, 0.05) is 23.7 Å². The maximum atomic E-state index is 13.0. The zero-order chi connectivity index (χ0) is 21.6. The van der Waals surface area contributed by atoms with Crippen LogP contribution in [-0.2, 0) is 16.1 Å². The van der Waals surface area contributed by atoms with Crippen LogP contribution < -0.4 is 20.1 Å². The molecule has 0 aliphatic rings. The molecule has 0 spiro atoms. The van der Waals surface area contributed by atoms with E-state index in [1.807, 2.05) is 40.7 Å². The van der Waals surface area contributed by atoms with E-state index >= 15 is 0 Å². The van der Waals surface area contributed by atoms with E-state index in [-0.39, 0.29) is 29.8 Å². The lowest BCUT2D eigenvalue weighted by Gasteiger charge is -2.15. The van der Waals surface area contributed by atoms with Gasteiger partial charge in [0.05, 0.1) is 10.2 Å². The van der Waals surface area contributed by atoms with Crippen LogP contribution in [0.15, 0.2) is 29.2 Å². The van der Waals surface area contributed by atoms with Gasteiger partial charge in [0.15, 0.2) is 5.78 Å². The first kappa shape index (κ1) is 22.7. The van der Waals surface area contributed by atoms with Crippen molar-refractivity contribution in [3.8, 4) is 0 Å². The predicted octanol–water partition coefficient (Wildman–Crippen LogP) is 1.83. The second-order valence-electron chi connectivity index (χ2n) is 7.93. The summed E-state index contributed by atoms with van der Waals surface area (Å²) in [6.45, 7) is 9.36. The van der Waals surface area contributed by atoms with Crippen molar-refractivity contribution in [3.05, 3.63) is 49.6 Å². The number of amides is 1. The number of carbonyl (C=O) groups excluding carboxylic acids is 2. The van der Waals surface area contributed by atoms with Gasteiger partial charge in [-0.2, -0.15) is 0 Å². The molecule has 0 unspecified atom stereocenters. The van der Waals surface area contributed by atoms with Crippen LogP contribution in [0.4, 0.5) is 0 Å². The summed E-state index contributed by atoms with van der Waals surface area (Å²) in [5.41, 5.74) is -0.227. The van der Waals surface area contributed by atoms with E-state index in [4.69, 9.17) is 0 Å². The maximum absolute atomic E-state index is 13.0. The van der Waals surface area contributed by atoms with Gasteiger partial charge in [-0.25, -0.2) is 0 Å². The summed E-state index contributed by atoms with van der Waals surface area (Å²) in [4.78, 5) is 42.3. The Morgan fingerprint density at radius 1 is 1.24 bits per heavy atom. The van der Waals surface area contributed by atoms with Gasteiger partial charge in [0.2, 0.25) is 5.91 Å². The molecule has 0 aliphatic carbocycles. The van der Waals surface area contributed by atoms with E-state index in [0.29, 0.717) is 14.9 Å². The minimum atomic E-state index is -0.576. The molecule has 0 fully saturated rings. The molecule has 6 nitrogen and oxygen atoms in total. The predicted molar refractivity (Wildman–Crippen MR) is 117 cm³/mol. The first-order valence-electron chi connectivity index (χ1n) is 9.83. The van der Waals surface area contributed by atoms with Crippen molar-refractivity contribution in [2.75, 3.05) is 0 Å². The minimum Gasteiger partial charge on any atom is -0.352 e. The van der Waals surface area contributed by atoms with Crippen LogP contribution >= 0.6 is 11.3 Å². The zero-order valence-electron chi connectivity index (χ0n) is 17.7. The van der Waals surface area contributed by atoms with Crippen molar-refractivity contribution >= 4 is 35.2 Å². The van der Waals surface area contributed by atoms with Crippen molar-refractivity contribution in [2.45, 2.75) is 60.0 Å². The Kier molecular flexibility index (Phi) is 7.67. The van der Waals surface area contributed by atoms with Crippen molar-refractivity contribution in [1.29, 1.82) is 0 Å². The minimum absolute atomic E-state index is 0.0695. The number of rotatable bonds is 7. The van der Waals surface area contributed by atoms with Gasteiger partial charge in [-0.3, -0.25) is 23.9 Å². The quantitative estimate of drug-likeness (QED) is 0.748. The number of pyridine rings is 1. The van der Waals surface area contributed by atoms with Crippen molar-refractivity contribution < 1.29 is 9.59 Å². The molecule has 0 atom stereocenters. The van der Waals surface area contributed by atoms with E-state index in [1.165, 1.54) is 22.0 Å². The lowest BCUT2D eigenvalue weighted by atomic mass is 9.91. The SMILES string of the molecule is CCC(CC)NC(=O)Cn1c(=O)/c(=C/c2ccccn2)s/c1=C\C(=O)C(C)(C)C. The van der Waals surface area contributed by atoms with E-state index in [1.54, 1.807) is 24.4 Å². The molecule has 1 amide bonds.